The van der Waals surface area contributed by atoms with Crippen molar-refractivity contribution in [1.82, 2.24) is 5.32 Å². The van der Waals surface area contributed by atoms with Crippen LogP contribution < -0.4 is 5.32 Å². The van der Waals surface area contributed by atoms with Crippen LogP contribution in [-0.4, -0.2) is 13.6 Å². The van der Waals surface area contributed by atoms with Gasteiger partial charge in [0.25, 0.3) is 0 Å². The topological polar surface area (TPSA) is 12.0 Å². The zero-order valence-corrected chi connectivity index (χ0v) is 11.8. The molecule has 1 saturated carbocycles. The van der Waals surface area contributed by atoms with Crippen LogP contribution in [-0.2, 0) is 6.42 Å². The van der Waals surface area contributed by atoms with Crippen LogP contribution in [0, 0.1) is 29.4 Å². The van der Waals surface area contributed by atoms with E-state index in [0.29, 0.717) is 24.2 Å². The van der Waals surface area contributed by atoms with Crippen molar-refractivity contribution in [3.05, 3.63) is 35.4 Å². The Hall–Kier alpha value is -0.960. The summed E-state index contributed by atoms with van der Waals surface area (Å²) in [5.74, 6) is 0.763. The number of nitrogens with one attached hydrogen (secondary N) is 1. The molecule has 3 heteroatoms. The highest BCUT2D eigenvalue weighted by atomic mass is 19.1. The predicted octanol–water partition coefficient (Wildman–Crippen LogP) is 3.78. The van der Waals surface area contributed by atoms with Crippen molar-refractivity contribution in [1.29, 1.82) is 0 Å². The van der Waals surface area contributed by atoms with Gasteiger partial charge >= 0.3 is 0 Å². The molecule has 1 aliphatic rings. The van der Waals surface area contributed by atoms with E-state index in [4.69, 9.17) is 0 Å². The maximum Gasteiger partial charge on any atom is 0.129 e. The van der Waals surface area contributed by atoms with E-state index in [1.165, 1.54) is 24.6 Å². The van der Waals surface area contributed by atoms with Gasteiger partial charge in [-0.1, -0.05) is 19.4 Å². The largest absolute Gasteiger partial charge is 0.319 e. The highest BCUT2D eigenvalue weighted by molar-refractivity contribution is 5.20. The van der Waals surface area contributed by atoms with Gasteiger partial charge in [-0.05, 0) is 62.7 Å². The monoisotopic (exact) mass is 267 g/mol. The fourth-order valence-electron chi connectivity index (χ4n) is 3.33. The van der Waals surface area contributed by atoms with Crippen LogP contribution in [0.15, 0.2) is 18.2 Å². The lowest BCUT2D eigenvalue weighted by molar-refractivity contribution is 0.184. The molecule has 2 rings (SSSR count). The standard InChI is InChI=1S/C16H23F2N/c1-11-6-7-12(10-19-2)13(8-11)9-14-15(17)4-3-5-16(14)18/h3-5,11-13,19H,6-10H2,1-2H3. The number of rotatable bonds is 4. The SMILES string of the molecule is CNCC1CCC(C)CC1Cc1c(F)cccc1F. The number of benzene rings is 1. The summed E-state index contributed by atoms with van der Waals surface area (Å²) in [6.45, 7) is 3.17. The van der Waals surface area contributed by atoms with Crippen molar-refractivity contribution in [3.8, 4) is 0 Å². The summed E-state index contributed by atoms with van der Waals surface area (Å²) in [6.07, 6.45) is 3.97. The van der Waals surface area contributed by atoms with Gasteiger partial charge < -0.3 is 5.32 Å². The number of halogens is 2. The van der Waals surface area contributed by atoms with Crippen LogP contribution in [0.4, 0.5) is 8.78 Å². The summed E-state index contributed by atoms with van der Waals surface area (Å²) in [4.78, 5) is 0. The average molecular weight is 267 g/mol. The minimum absolute atomic E-state index is 0.266. The van der Waals surface area contributed by atoms with E-state index in [0.717, 1.165) is 19.4 Å². The Morgan fingerprint density at radius 1 is 1.16 bits per heavy atom. The van der Waals surface area contributed by atoms with Gasteiger partial charge in [-0.2, -0.15) is 0 Å². The Bertz CT molecular complexity index is 399. The fourth-order valence-corrected chi connectivity index (χ4v) is 3.33. The molecule has 1 aliphatic carbocycles. The molecule has 0 aromatic heterocycles. The van der Waals surface area contributed by atoms with Crippen molar-refractivity contribution < 1.29 is 8.78 Å². The van der Waals surface area contributed by atoms with Gasteiger partial charge in [0, 0.05) is 5.56 Å². The molecule has 1 aromatic carbocycles. The quantitative estimate of drug-likeness (QED) is 0.875. The summed E-state index contributed by atoms with van der Waals surface area (Å²) < 4.78 is 27.5. The second-order valence-electron chi connectivity index (χ2n) is 5.90. The molecular weight excluding hydrogens is 244 g/mol. The van der Waals surface area contributed by atoms with E-state index in [2.05, 4.69) is 12.2 Å². The predicted molar refractivity (Wildman–Crippen MR) is 74.0 cm³/mol. The lowest BCUT2D eigenvalue weighted by atomic mass is 9.72. The molecule has 3 atom stereocenters. The molecule has 1 fully saturated rings. The van der Waals surface area contributed by atoms with Crippen molar-refractivity contribution in [2.45, 2.75) is 32.6 Å². The highest BCUT2D eigenvalue weighted by Gasteiger charge is 2.29. The Balaban J connectivity index is 2.14. The minimum atomic E-state index is -0.401. The van der Waals surface area contributed by atoms with Crippen LogP contribution in [0.1, 0.15) is 31.7 Å². The van der Waals surface area contributed by atoms with Crippen LogP contribution in [0.5, 0.6) is 0 Å². The van der Waals surface area contributed by atoms with Gasteiger partial charge in [-0.15, -0.1) is 0 Å². The van der Waals surface area contributed by atoms with E-state index in [9.17, 15) is 8.78 Å². The van der Waals surface area contributed by atoms with Crippen LogP contribution in [0.2, 0.25) is 0 Å². The zero-order valence-electron chi connectivity index (χ0n) is 11.8. The van der Waals surface area contributed by atoms with E-state index in [1.54, 1.807) is 0 Å². The first-order valence-corrected chi connectivity index (χ1v) is 7.19. The maximum atomic E-state index is 13.8. The van der Waals surface area contributed by atoms with E-state index < -0.39 is 11.6 Å². The molecule has 1 N–H and O–H groups in total. The summed E-state index contributed by atoms with van der Waals surface area (Å²) in [5, 5.41) is 3.21. The molecule has 0 radical (unpaired) electrons. The van der Waals surface area contributed by atoms with Crippen molar-refractivity contribution in [2.75, 3.05) is 13.6 Å². The second-order valence-corrected chi connectivity index (χ2v) is 5.90. The van der Waals surface area contributed by atoms with Gasteiger partial charge in [0.2, 0.25) is 0 Å². The van der Waals surface area contributed by atoms with E-state index in [-0.39, 0.29) is 5.56 Å². The molecule has 0 amide bonds. The molecule has 0 spiro atoms. The minimum Gasteiger partial charge on any atom is -0.319 e. The first-order valence-electron chi connectivity index (χ1n) is 7.19. The molecule has 0 bridgehead atoms. The lowest BCUT2D eigenvalue weighted by Gasteiger charge is -2.35. The highest BCUT2D eigenvalue weighted by Crippen LogP contribution is 2.36. The van der Waals surface area contributed by atoms with Gasteiger partial charge in [-0.3, -0.25) is 0 Å². The normalized spacial score (nSPS) is 27.5. The third-order valence-electron chi connectivity index (χ3n) is 4.40. The number of hydrogen-bond donors (Lipinski definition) is 1. The second kappa shape index (κ2) is 6.47. The van der Waals surface area contributed by atoms with Crippen molar-refractivity contribution in [2.24, 2.45) is 17.8 Å². The summed E-state index contributed by atoms with van der Waals surface area (Å²) in [7, 11) is 1.94. The third kappa shape index (κ3) is 3.53. The van der Waals surface area contributed by atoms with Gasteiger partial charge in [0.05, 0.1) is 0 Å². The molecule has 106 valence electrons. The molecule has 0 aliphatic heterocycles. The average Bonchev–Trinajstić information content (AvgIpc) is 2.37. The van der Waals surface area contributed by atoms with Crippen LogP contribution in [0.3, 0.4) is 0 Å². The zero-order chi connectivity index (χ0) is 13.8. The molecule has 0 saturated heterocycles. The first kappa shape index (κ1) is 14.4. The summed E-state index contributed by atoms with van der Waals surface area (Å²) >= 11 is 0. The fraction of sp³-hybridized carbons (Fsp3) is 0.625. The van der Waals surface area contributed by atoms with Gasteiger partial charge in [0.1, 0.15) is 11.6 Å². The van der Waals surface area contributed by atoms with Gasteiger partial charge in [-0.25, -0.2) is 8.78 Å². The van der Waals surface area contributed by atoms with E-state index >= 15 is 0 Å². The third-order valence-corrected chi connectivity index (χ3v) is 4.40. The maximum absolute atomic E-state index is 13.8. The lowest BCUT2D eigenvalue weighted by Crippen LogP contribution is -2.32. The number of hydrogen-bond acceptors (Lipinski definition) is 1. The molecule has 1 aromatic rings. The first-order chi connectivity index (χ1) is 9.11. The smallest absolute Gasteiger partial charge is 0.129 e. The Morgan fingerprint density at radius 2 is 1.84 bits per heavy atom. The molecule has 1 nitrogen and oxygen atoms in total. The molecule has 0 heterocycles. The van der Waals surface area contributed by atoms with Crippen LogP contribution in [0.25, 0.3) is 0 Å². The Labute approximate surface area is 114 Å². The summed E-state index contributed by atoms with van der Waals surface area (Å²) in [6, 6.07) is 4.15. The van der Waals surface area contributed by atoms with E-state index in [1.807, 2.05) is 7.05 Å². The van der Waals surface area contributed by atoms with Crippen LogP contribution >= 0.6 is 0 Å². The van der Waals surface area contributed by atoms with Crippen molar-refractivity contribution in [3.63, 3.8) is 0 Å². The van der Waals surface area contributed by atoms with Gasteiger partial charge in [0.15, 0.2) is 0 Å². The molecule has 19 heavy (non-hydrogen) atoms. The summed E-state index contributed by atoms with van der Waals surface area (Å²) in [5.41, 5.74) is 0.266. The van der Waals surface area contributed by atoms with Crippen molar-refractivity contribution >= 4 is 0 Å². The Morgan fingerprint density at radius 3 is 2.47 bits per heavy atom. The molecule has 3 unspecified atom stereocenters. The molecular formula is C16H23F2N. The Kier molecular flexibility index (Phi) is 4.92.